The standard InChI is InChI=1S/C19H23N3O4.C19H21N3O4/c2*1-10-7-12(11(2)23)15-13(8-10)17(24)21(6)16-14(20-9-22(15)16)18(25)26-19(3,4)5/h7-9,11,23H,1-6H3;7-9H,1-6H3. The minimum absolute atomic E-state index is 0.0384. The number of rotatable bonds is 4. The van der Waals surface area contributed by atoms with Gasteiger partial charge in [0.05, 0.1) is 27.9 Å². The van der Waals surface area contributed by atoms with Crippen LogP contribution in [0.4, 0.5) is 0 Å². The Hall–Kier alpha value is -5.63. The first-order valence-electron chi connectivity index (χ1n) is 16.7. The summed E-state index contributed by atoms with van der Waals surface area (Å²) in [5.41, 5.74) is 2.51. The van der Waals surface area contributed by atoms with E-state index in [1.54, 1.807) is 89.6 Å². The molecule has 0 aliphatic rings. The SMILES string of the molecule is CC(=O)c1cc(C)cc2c(=O)n(C)c3c(C(=O)OC(C)(C)C)ncn3c12.Cc1cc(C(C)O)c2c(c1)c(=O)n(C)c1c(C(=O)OC(C)(C)C)ncn21. The molecule has 0 spiro atoms. The van der Waals surface area contributed by atoms with Crippen LogP contribution in [0.5, 0.6) is 0 Å². The smallest absolute Gasteiger partial charge is 0.361 e. The molecule has 14 heteroatoms. The maximum absolute atomic E-state index is 12.9. The summed E-state index contributed by atoms with van der Waals surface area (Å²) < 4.78 is 16.8. The van der Waals surface area contributed by atoms with E-state index >= 15 is 0 Å². The average Bonchev–Trinajstić information content (AvgIpc) is 3.66. The molecule has 1 N–H and O–H groups in total. The summed E-state index contributed by atoms with van der Waals surface area (Å²) in [7, 11) is 3.17. The molecule has 0 bridgehead atoms. The van der Waals surface area contributed by atoms with Crippen LogP contribution < -0.4 is 11.1 Å². The number of imidazole rings is 2. The predicted molar refractivity (Wildman–Crippen MR) is 196 cm³/mol. The number of ether oxygens (including phenoxy) is 2. The number of ketones is 1. The van der Waals surface area contributed by atoms with Gasteiger partial charge < -0.3 is 14.6 Å². The zero-order valence-corrected chi connectivity index (χ0v) is 31.5. The molecule has 0 fully saturated rings. The first-order chi connectivity index (χ1) is 24.0. The molecule has 52 heavy (non-hydrogen) atoms. The second-order valence-corrected chi connectivity index (χ2v) is 15.0. The van der Waals surface area contributed by atoms with Gasteiger partial charge in [-0.05, 0) is 98.6 Å². The molecule has 0 radical (unpaired) electrons. The highest BCUT2D eigenvalue weighted by atomic mass is 16.6. The van der Waals surface area contributed by atoms with Crippen molar-refractivity contribution in [2.45, 2.75) is 86.5 Å². The fourth-order valence-corrected chi connectivity index (χ4v) is 6.17. The second-order valence-electron chi connectivity index (χ2n) is 15.0. The molecular weight excluding hydrogens is 668 g/mol. The Kier molecular flexibility index (Phi) is 9.52. The minimum atomic E-state index is -0.778. The number of hydrogen-bond donors (Lipinski definition) is 1. The van der Waals surface area contributed by atoms with Crippen molar-refractivity contribution in [2.75, 3.05) is 0 Å². The van der Waals surface area contributed by atoms with Crippen molar-refractivity contribution in [2.24, 2.45) is 14.1 Å². The van der Waals surface area contributed by atoms with Gasteiger partial charge in [0.15, 0.2) is 28.5 Å². The lowest BCUT2D eigenvalue weighted by atomic mass is 10.0. The Bertz CT molecular complexity index is 2570. The second kappa shape index (κ2) is 13.2. The summed E-state index contributed by atoms with van der Waals surface area (Å²) >= 11 is 0. The third-order valence-electron chi connectivity index (χ3n) is 8.22. The highest BCUT2D eigenvalue weighted by molar-refractivity contribution is 6.07. The number of carbonyl (C=O) groups excluding carboxylic acids is 3. The van der Waals surface area contributed by atoms with E-state index < -0.39 is 29.2 Å². The van der Waals surface area contributed by atoms with Crippen molar-refractivity contribution in [1.82, 2.24) is 27.9 Å². The van der Waals surface area contributed by atoms with E-state index in [9.17, 15) is 29.1 Å². The van der Waals surface area contributed by atoms with Gasteiger partial charge >= 0.3 is 11.9 Å². The molecule has 14 nitrogen and oxygen atoms in total. The first kappa shape index (κ1) is 37.6. The number of nitrogens with zero attached hydrogens (tertiary/aromatic N) is 6. The van der Waals surface area contributed by atoms with Gasteiger partial charge in [0.2, 0.25) is 0 Å². The molecular formula is C38H44N6O8. The van der Waals surface area contributed by atoms with Crippen LogP contribution in [0.1, 0.15) is 110 Å². The van der Waals surface area contributed by atoms with Crippen LogP contribution in [0.3, 0.4) is 0 Å². The number of aryl methyl sites for hydroxylation is 4. The molecule has 0 saturated heterocycles. The van der Waals surface area contributed by atoms with Crippen molar-refractivity contribution in [3.05, 3.63) is 91.3 Å². The van der Waals surface area contributed by atoms with Crippen LogP contribution >= 0.6 is 0 Å². The fraction of sp³-hybridized carbons (Fsp3) is 0.395. The van der Waals surface area contributed by atoms with E-state index in [0.717, 1.165) is 11.1 Å². The molecule has 0 saturated carbocycles. The minimum Gasteiger partial charge on any atom is -0.455 e. The Balaban J connectivity index is 0.000000201. The number of benzene rings is 2. The molecule has 1 atom stereocenters. The third-order valence-corrected chi connectivity index (χ3v) is 8.22. The van der Waals surface area contributed by atoms with Gasteiger partial charge in [0.25, 0.3) is 11.1 Å². The van der Waals surface area contributed by atoms with Crippen LogP contribution in [-0.2, 0) is 23.6 Å². The number of aromatic nitrogens is 6. The van der Waals surface area contributed by atoms with Crippen molar-refractivity contribution < 1.29 is 29.0 Å². The number of hydrogen-bond acceptors (Lipinski definition) is 10. The Morgan fingerprint density at radius 3 is 1.52 bits per heavy atom. The molecule has 4 aromatic heterocycles. The van der Waals surface area contributed by atoms with Crippen molar-refractivity contribution in [1.29, 1.82) is 0 Å². The molecule has 6 rings (SSSR count). The molecule has 6 aromatic rings. The van der Waals surface area contributed by atoms with E-state index in [4.69, 9.17) is 9.47 Å². The molecule has 0 amide bonds. The first-order valence-corrected chi connectivity index (χ1v) is 16.7. The van der Waals surface area contributed by atoms with Crippen LogP contribution in [0.25, 0.3) is 33.1 Å². The monoisotopic (exact) mass is 712 g/mol. The lowest BCUT2D eigenvalue weighted by Gasteiger charge is -2.19. The topological polar surface area (TPSA) is 168 Å². The van der Waals surface area contributed by atoms with Crippen LogP contribution in [0.15, 0.2) is 46.5 Å². The predicted octanol–water partition coefficient (Wildman–Crippen LogP) is 5.16. The zero-order valence-electron chi connectivity index (χ0n) is 31.5. The number of aliphatic hydroxyl groups excluding tert-OH is 1. The Labute approximate surface area is 299 Å². The van der Waals surface area contributed by atoms with Gasteiger partial charge in [-0.2, -0.15) is 0 Å². The summed E-state index contributed by atoms with van der Waals surface area (Å²) in [6, 6.07) is 7.07. The number of carbonyl (C=O) groups is 3. The summed E-state index contributed by atoms with van der Waals surface area (Å²) in [6.07, 6.45) is 2.15. The number of Topliss-reactive ketones (excluding diaryl/α,β-unsaturated/α-hetero) is 1. The summed E-state index contributed by atoms with van der Waals surface area (Å²) in [4.78, 5) is 71.4. The van der Waals surface area contributed by atoms with Crippen molar-refractivity contribution >= 4 is 50.8 Å². The Morgan fingerprint density at radius 1 is 0.712 bits per heavy atom. The molecule has 2 aromatic carbocycles. The van der Waals surface area contributed by atoms with Crippen LogP contribution in [0.2, 0.25) is 0 Å². The van der Waals surface area contributed by atoms with Crippen molar-refractivity contribution in [3.63, 3.8) is 0 Å². The zero-order chi connectivity index (χ0) is 38.8. The maximum atomic E-state index is 12.9. The van der Waals surface area contributed by atoms with Gasteiger partial charge in [0, 0.05) is 25.2 Å². The molecule has 274 valence electrons. The molecule has 4 heterocycles. The summed E-state index contributed by atoms with van der Waals surface area (Å²) in [6.45, 7) is 17.4. The number of esters is 2. The average molecular weight is 713 g/mol. The van der Waals surface area contributed by atoms with Gasteiger partial charge in [-0.25, -0.2) is 19.6 Å². The lowest BCUT2D eigenvalue weighted by Crippen LogP contribution is -2.26. The van der Waals surface area contributed by atoms with E-state index in [2.05, 4.69) is 9.97 Å². The number of fused-ring (bicyclic) bond motifs is 6. The normalized spacial score (nSPS) is 12.6. The van der Waals surface area contributed by atoms with Crippen molar-refractivity contribution in [3.8, 4) is 0 Å². The quantitative estimate of drug-likeness (QED) is 0.191. The van der Waals surface area contributed by atoms with Gasteiger partial charge in [-0.15, -0.1) is 0 Å². The largest absolute Gasteiger partial charge is 0.455 e. The molecule has 0 aliphatic carbocycles. The van der Waals surface area contributed by atoms with Gasteiger partial charge in [-0.1, -0.05) is 6.07 Å². The lowest BCUT2D eigenvalue weighted by molar-refractivity contribution is 0.00528. The Morgan fingerprint density at radius 2 is 1.12 bits per heavy atom. The van der Waals surface area contributed by atoms with E-state index in [0.29, 0.717) is 44.2 Å². The molecule has 1 unspecified atom stereocenters. The van der Waals surface area contributed by atoms with Gasteiger partial charge in [0.1, 0.15) is 23.9 Å². The van der Waals surface area contributed by atoms with E-state index in [-0.39, 0.29) is 28.3 Å². The molecule has 0 aliphatic heterocycles. The summed E-state index contributed by atoms with van der Waals surface area (Å²) in [5, 5.41) is 11.1. The van der Waals surface area contributed by atoms with E-state index in [1.165, 1.54) is 28.7 Å². The van der Waals surface area contributed by atoms with Crippen LogP contribution in [-0.4, -0.2) is 61.9 Å². The van der Waals surface area contributed by atoms with Gasteiger partial charge in [-0.3, -0.25) is 32.3 Å². The number of aliphatic hydroxyl groups is 1. The summed E-state index contributed by atoms with van der Waals surface area (Å²) in [5.74, 6) is -1.38. The highest BCUT2D eigenvalue weighted by Crippen LogP contribution is 2.27. The highest BCUT2D eigenvalue weighted by Gasteiger charge is 2.27. The fourth-order valence-electron chi connectivity index (χ4n) is 6.17. The van der Waals surface area contributed by atoms with E-state index in [1.807, 2.05) is 19.9 Å². The van der Waals surface area contributed by atoms with Crippen LogP contribution in [0, 0.1) is 13.8 Å². The third kappa shape index (κ3) is 6.85. The maximum Gasteiger partial charge on any atom is 0.361 e.